The third-order valence-electron chi connectivity index (χ3n) is 2.76. The molecule has 1 aromatic rings. The quantitative estimate of drug-likeness (QED) is 0.727. The van der Waals surface area contributed by atoms with E-state index >= 15 is 0 Å². The first-order valence-electron chi connectivity index (χ1n) is 5.66. The van der Waals surface area contributed by atoms with Crippen LogP contribution >= 0.6 is 0 Å². The average molecular weight is 254 g/mol. The van der Waals surface area contributed by atoms with Crippen LogP contribution in [0.15, 0.2) is 6.20 Å². The van der Waals surface area contributed by atoms with Crippen LogP contribution in [0.1, 0.15) is 23.0 Å². The molecule has 0 aliphatic rings. The largest absolute Gasteiger partial charge is 0.478 e. The van der Waals surface area contributed by atoms with Gasteiger partial charge in [0.25, 0.3) is 0 Å². The number of carboxylic acids is 1. The van der Waals surface area contributed by atoms with Crippen LogP contribution in [0.5, 0.6) is 0 Å². The molecule has 18 heavy (non-hydrogen) atoms. The third-order valence-corrected chi connectivity index (χ3v) is 2.76. The molecule has 0 atom stereocenters. The molecule has 7 heteroatoms. The summed E-state index contributed by atoms with van der Waals surface area (Å²) in [7, 11) is 3.26. The maximum absolute atomic E-state index is 11.3. The monoisotopic (exact) mass is 254 g/mol. The third kappa shape index (κ3) is 3.30. The van der Waals surface area contributed by atoms with Crippen LogP contribution in [0, 0.1) is 0 Å². The fourth-order valence-electron chi connectivity index (χ4n) is 1.60. The maximum Gasteiger partial charge on any atom is 0.339 e. The van der Waals surface area contributed by atoms with E-state index in [1.165, 1.54) is 10.9 Å². The highest BCUT2D eigenvalue weighted by molar-refractivity contribution is 5.88. The number of aromatic nitrogens is 2. The number of carbonyl (C=O) groups is 2. The Hall–Kier alpha value is -1.89. The van der Waals surface area contributed by atoms with E-state index in [2.05, 4.69) is 10.4 Å². The zero-order valence-electron chi connectivity index (χ0n) is 10.8. The summed E-state index contributed by atoms with van der Waals surface area (Å²) in [6, 6.07) is 0. The number of amides is 1. The van der Waals surface area contributed by atoms with Crippen LogP contribution in [0.2, 0.25) is 0 Å². The van der Waals surface area contributed by atoms with E-state index in [0.29, 0.717) is 18.8 Å². The van der Waals surface area contributed by atoms with Crippen LogP contribution in [-0.2, 0) is 18.4 Å². The molecule has 0 unspecified atom stereocenters. The standard InChI is InChI=1S/C11H18N4O3/c1-4-15(7-10(16)12-2)6-9-8(11(17)18)5-13-14(9)3/h5H,4,6-7H2,1-3H3,(H,12,16)(H,17,18). The molecule has 100 valence electrons. The van der Waals surface area contributed by atoms with Crippen molar-refractivity contribution in [3.05, 3.63) is 17.5 Å². The molecule has 1 rings (SSSR count). The van der Waals surface area contributed by atoms with Gasteiger partial charge in [0.15, 0.2) is 0 Å². The Morgan fingerprint density at radius 3 is 2.72 bits per heavy atom. The highest BCUT2D eigenvalue weighted by atomic mass is 16.4. The molecule has 7 nitrogen and oxygen atoms in total. The second-order valence-electron chi connectivity index (χ2n) is 3.91. The summed E-state index contributed by atoms with van der Waals surface area (Å²) in [5, 5.41) is 15.5. The van der Waals surface area contributed by atoms with Crippen molar-refractivity contribution in [2.45, 2.75) is 13.5 Å². The van der Waals surface area contributed by atoms with E-state index in [0.717, 1.165) is 0 Å². The van der Waals surface area contributed by atoms with Crippen LogP contribution in [0.4, 0.5) is 0 Å². The number of nitrogens with zero attached hydrogens (tertiary/aromatic N) is 3. The van der Waals surface area contributed by atoms with Crippen molar-refractivity contribution in [2.24, 2.45) is 7.05 Å². The Kier molecular flexibility index (Phi) is 4.85. The normalized spacial score (nSPS) is 10.7. The smallest absolute Gasteiger partial charge is 0.339 e. The summed E-state index contributed by atoms with van der Waals surface area (Å²) in [5.74, 6) is -1.11. The number of aryl methyl sites for hydroxylation is 1. The van der Waals surface area contributed by atoms with Gasteiger partial charge in [-0.25, -0.2) is 4.79 Å². The molecule has 0 bridgehead atoms. The predicted octanol–water partition coefficient (Wildman–Crippen LogP) is -0.314. The summed E-state index contributed by atoms with van der Waals surface area (Å²) in [6.45, 7) is 3.18. The minimum absolute atomic E-state index is 0.101. The van der Waals surface area contributed by atoms with Crippen LogP contribution < -0.4 is 5.32 Å². The lowest BCUT2D eigenvalue weighted by molar-refractivity contribution is -0.121. The molecule has 0 aliphatic carbocycles. The van der Waals surface area contributed by atoms with Crippen molar-refractivity contribution in [2.75, 3.05) is 20.1 Å². The van der Waals surface area contributed by atoms with Gasteiger partial charge in [-0.05, 0) is 6.54 Å². The van der Waals surface area contributed by atoms with E-state index in [9.17, 15) is 9.59 Å². The van der Waals surface area contributed by atoms with Crippen molar-refractivity contribution < 1.29 is 14.7 Å². The Bertz CT molecular complexity index is 441. The number of rotatable bonds is 6. The minimum atomic E-state index is -1.01. The Morgan fingerprint density at radius 1 is 1.56 bits per heavy atom. The Balaban J connectivity index is 2.84. The molecule has 0 spiro atoms. The summed E-state index contributed by atoms with van der Waals surface area (Å²) in [6.07, 6.45) is 1.32. The van der Waals surface area contributed by atoms with E-state index in [-0.39, 0.29) is 18.0 Å². The van der Waals surface area contributed by atoms with E-state index in [4.69, 9.17) is 5.11 Å². The number of likely N-dealkylation sites (N-methyl/N-ethyl adjacent to an activating group) is 2. The molecule has 0 saturated carbocycles. The number of hydrogen-bond donors (Lipinski definition) is 2. The first-order chi connectivity index (χ1) is 8.49. The fourth-order valence-corrected chi connectivity index (χ4v) is 1.60. The summed E-state index contributed by atoms with van der Waals surface area (Å²) in [4.78, 5) is 24.2. The van der Waals surface area contributed by atoms with Crippen LogP contribution in [0.25, 0.3) is 0 Å². The highest BCUT2D eigenvalue weighted by Crippen LogP contribution is 2.10. The SMILES string of the molecule is CCN(CC(=O)NC)Cc1c(C(=O)O)cnn1C. The molecule has 1 aromatic heterocycles. The van der Waals surface area contributed by atoms with Crippen molar-refractivity contribution >= 4 is 11.9 Å². The topological polar surface area (TPSA) is 87.5 Å². The van der Waals surface area contributed by atoms with Crippen molar-refractivity contribution in [3.63, 3.8) is 0 Å². The molecule has 0 aliphatic heterocycles. The van der Waals surface area contributed by atoms with Gasteiger partial charge in [0.05, 0.1) is 18.4 Å². The fraction of sp³-hybridized carbons (Fsp3) is 0.545. The average Bonchev–Trinajstić information content (AvgIpc) is 2.70. The van der Waals surface area contributed by atoms with Gasteiger partial charge in [-0.3, -0.25) is 14.4 Å². The highest BCUT2D eigenvalue weighted by Gasteiger charge is 2.18. The van der Waals surface area contributed by atoms with Gasteiger partial charge < -0.3 is 10.4 Å². The van der Waals surface area contributed by atoms with E-state index in [1.54, 1.807) is 14.1 Å². The molecular weight excluding hydrogens is 236 g/mol. The lowest BCUT2D eigenvalue weighted by atomic mass is 10.2. The second kappa shape index (κ2) is 6.15. The van der Waals surface area contributed by atoms with Crippen molar-refractivity contribution in [1.29, 1.82) is 0 Å². The molecule has 0 fully saturated rings. The molecule has 1 amide bonds. The number of carboxylic acid groups (broad SMARTS) is 1. The van der Waals surface area contributed by atoms with Gasteiger partial charge in [-0.2, -0.15) is 5.10 Å². The molecular formula is C11H18N4O3. The predicted molar refractivity (Wildman–Crippen MR) is 65.2 cm³/mol. The van der Waals surface area contributed by atoms with Gasteiger partial charge in [-0.15, -0.1) is 0 Å². The zero-order valence-corrected chi connectivity index (χ0v) is 10.8. The molecule has 1 heterocycles. The van der Waals surface area contributed by atoms with Gasteiger partial charge in [0, 0.05) is 20.6 Å². The van der Waals surface area contributed by atoms with Crippen LogP contribution in [-0.4, -0.2) is 51.8 Å². The number of aromatic carboxylic acids is 1. The second-order valence-corrected chi connectivity index (χ2v) is 3.91. The zero-order chi connectivity index (χ0) is 13.7. The van der Waals surface area contributed by atoms with Crippen molar-refractivity contribution in [3.8, 4) is 0 Å². The molecule has 0 aromatic carbocycles. The van der Waals surface area contributed by atoms with Gasteiger partial charge in [0.2, 0.25) is 5.91 Å². The van der Waals surface area contributed by atoms with E-state index in [1.807, 2.05) is 11.8 Å². The van der Waals surface area contributed by atoms with E-state index < -0.39 is 5.97 Å². The number of hydrogen-bond acceptors (Lipinski definition) is 4. The molecule has 0 saturated heterocycles. The lowest BCUT2D eigenvalue weighted by Gasteiger charge is -2.19. The summed E-state index contributed by atoms with van der Waals surface area (Å²) in [5.41, 5.74) is 0.765. The number of carbonyl (C=O) groups excluding carboxylic acids is 1. The lowest BCUT2D eigenvalue weighted by Crippen LogP contribution is -2.35. The van der Waals surface area contributed by atoms with Gasteiger partial charge in [-0.1, -0.05) is 6.92 Å². The molecule has 0 radical (unpaired) electrons. The maximum atomic E-state index is 11.3. The summed E-state index contributed by atoms with van der Waals surface area (Å²) < 4.78 is 1.52. The van der Waals surface area contributed by atoms with Gasteiger partial charge in [0.1, 0.15) is 5.56 Å². The van der Waals surface area contributed by atoms with Crippen LogP contribution in [0.3, 0.4) is 0 Å². The first kappa shape index (κ1) is 14.2. The Labute approximate surface area is 105 Å². The van der Waals surface area contributed by atoms with Crippen molar-refractivity contribution in [1.82, 2.24) is 20.0 Å². The molecule has 2 N–H and O–H groups in total. The first-order valence-corrected chi connectivity index (χ1v) is 5.66. The summed E-state index contributed by atoms with van der Waals surface area (Å²) >= 11 is 0. The Morgan fingerprint density at radius 2 is 2.22 bits per heavy atom. The number of nitrogens with one attached hydrogen (secondary N) is 1. The van der Waals surface area contributed by atoms with Gasteiger partial charge >= 0.3 is 5.97 Å². The minimum Gasteiger partial charge on any atom is -0.478 e.